The molecule has 0 radical (unpaired) electrons. The third-order valence-corrected chi connectivity index (χ3v) is 7.77. The van der Waals surface area contributed by atoms with Crippen LogP contribution in [-0.4, -0.2) is 66.0 Å². The zero-order valence-electron chi connectivity index (χ0n) is 21.3. The van der Waals surface area contributed by atoms with Crippen molar-refractivity contribution in [2.45, 2.75) is 12.5 Å². The molecule has 5 aromatic rings. The molecule has 2 aliphatic heterocycles. The number of halogens is 1. The van der Waals surface area contributed by atoms with Crippen molar-refractivity contribution in [3.8, 4) is 11.5 Å². The summed E-state index contributed by atoms with van der Waals surface area (Å²) in [7, 11) is 0. The quantitative estimate of drug-likeness (QED) is 0.304. The van der Waals surface area contributed by atoms with E-state index in [9.17, 15) is 4.79 Å². The lowest BCUT2D eigenvalue weighted by atomic mass is 10.1. The van der Waals surface area contributed by atoms with E-state index in [1.807, 2.05) is 23.1 Å². The van der Waals surface area contributed by atoms with Gasteiger partial charge in [-0.3, -0.25) is 4.79 Å². The van der Waals surface area contributed by atoms with Crippen LogP contribution in [0, 0.1) is 5.92 Å². The Kier molecular flexibility index (Phi) is 5.93. The molecule has 0 bridgehead atoms. The summed E-state index contributed by atoms with van der Waals surface area (Å²) < 4.78 is 7.63. The van der Waals surface area contributed by atoms with Crippen molar-refractivity contribution in [2.24, 2.45) is 5.92 Å². The van der Waals surface area contributed by atoms with E-state index in [2.05, 4.69) is 36.8 Å². The van der Waals surface area contributed by atoms with Crippen molar-refractivity contribution in [3.05, 3.63) is 79.0 Å². The minimum Gasteiger partial charge on any atom is -0.456 e. The van der Waals surface area contributed by atoms with Crippen LogP contribution in [0.5, 0.6) is 11.5 Å². The molecule has 6 heterocycles. The van der Waals surface area contributed by atoms with E-state index in [4.69, 9.17) is 21.3 Å². The highest BCUT2D eigenvalue weighted by atomic mass is 35.5. The van der Waals surface area contributed by atoms with E-state index in [0.29, 0.717) is 39.4 Å². The fourth-order valence-electron chi connectivity index (χ4n) is 5.52. The van der Waals surface area contributed by atoms with E-state index in [1.54, 1.807) is 35.0 Å². The van der Waals surface area contributed by atoms with E-state index >= 15 is 0 Å². The second-order valence-corrected chi connectivity index (χ2v) is 10.2. The van der Waals surface area contributed by atoms with Crippen molar-refractivity contribution < 1.29 is 9.53 Å². The van der Waals surface area contributed by atoms with Gasteiger partial charge in [0.05, 0.1) is 16.6 Å². The van der Waals surface area contributed by atoms with Crippen molar-refractivity contribution in [1.29, 1.82) is 0 Å². The standard InChI is InChI=1S/C28H24ClN9O2/c1-2-26(39)37-9-7-17-13-36(14-22(17)37)24-6-4-21-27(35-24)28(32-15-30-21)34-18-3-5-23(20(29)11-18)40-19-8-10-38-25(12-19)31-16-33-38/h2-6,8,10-12,15-17,22H,1,7,9,13-14H2,(H,30,32,34). The number of amides is 1. The average molecular weight is 554 g/mol. The highest BCUT2D eigenvalue weighted by Crippen LogP contribution is 2.36. The molecule has 1 amide bonds. The Morgan fingerprint density at radius 2 is 2.02 bits per heavy atom. The van der Waals surface area contributed by atoms with Gasteiger partial charge in [0.15, 0.2) is 11.5 Å². The van der Waals surface area contributed by atoms with Gasteiger partial charge in [-0.25, -0.2) is 24.5 Å². The predicted molar refractivity (Wildman–Crippen MR) is 151 cm³/mol. The number of hydrogen-bond acceptors (Lipinski definition) is 9. The van der Waals surface area contributed by atoms with Crippen molar-refractivity contribution in [1.82, 2.24) is 34.4 Å². The summed E-state index contributed by atoms with van der Waals surface area (Å²) in [4.78, 5) is 34.4. The highest BCUT2D eigenvalue weighted by Gasteiger charge is 2.43. The van der Waals surface area contributed by atoms with Crippen LogP contribution < -0.4 is 15.0 Å². The van der Waals surface area contributed by atoms with Crippen LogP contribution >= 0.6 is 11.6 Å². The molecule has 11 nitrogen and oxygen atoms in total. The summed E-state index contributed by atoms with van der Waals surface area (Å²) in [5.74, 6) is 2.92. The van der Waals surface area contributed by atoms with E-state index in [-0.39, 0.29) is 11.9 Å². The predicted octanol–water partition coefficient (Wildman–Crippen LogP) is 4.48. The maximum Gasteiger partial charge on any atom is 0.246 e. The van der Waals surface area contributed by atoms with Gasteiger partial charge in [-0.05, 0) is 48.9 Å². The van der Waals surface area contributed by atoms with Crippen LogP contribution in [0.15, 0.2) is 74.0 Å². The van der Waals surface area contributed by atoms with Crippen LogP contribution in [0.25, 0.3) is 16.7 Å². The molecule has 0 aliphatic carbocycles. The molecule has 1 N–H and O–H groups in total. The number of carbonyl (C=O) groups is 1. The van der Waals surface area contributed by atoms with Crippen LogP contribution in [0.3, 0.4) is 0 Å². The number of nitrogens with one attached hydrogen (secondary N) is 1. The van der Waals surface area contributed by atoms with Crippen molar-refractivity contribution in [3.63, 3.8) is 0 Å². The molecule has 200 valence electrons. The summed E-state index contributed by atoms with van der Waals surface area (Å²) in [6, 6.07) is 13.1. The second-order valence-electron chi connectivity index (χ2n) is 9.81. The third-order valence-electron chi connectivity index (χ3n) is 7.47. The molecule has 4 aromatic heterocycles. The van der Waals surface area contributed by atoms with Crippen molar-refractivity contribution in [2.75, 3.05) is 29.9 Å². The molecule has 2 aliphatic rings. The van der Waals surface area contributed by atoms with Gasteiger partial charge in [0.1, 0.15) is 35.5 Å². The Morgan fingerprint density at radius 3 is 2.90 bits per heavy atom. The number of benzene rings is 1. The third kappa shape index (κ3) is 4.34. The molecule has 1 aromatic carbocycles. The lowest BCUT2D eigenvalue weighted by Crippen LogP contribution is -2.38. The zero-order valence-corrected chi connectivity index (χ0v) is 22.1. The van der Waals surface area contributed by atoms with Gasteiger partial charge in [-0.1, -0.05) is 18.2 Å². The molecule has 7 rings (SSSR count). The Labute approximate surface area is 234 Å². The Balaban J connectivity index is 1.11. The summed E-state index contributed by atoms with van der Waals surface area (Å²) in [5, 5.41) is 7.85. The molecule has 40 heavy (non-hydrogen) atoms. The highest BCUT2D eigenvalue weighted by molar-refractivity contribution is 6.32. The van der Waals surface area contributed by atoms with E-state index < -0.39 is 0 Å². The number of pyridine rings is 2. The number of hydrogen-bond donors (Lipinski definition) is 1. The van der Waals surface area contributed by atoms with Crippen LogP contribution in [0.1, 0.15) is 6.42 Å². The molecule has 12 heteroatoms. The molecule has 2 atom stereocenters. The molecule has 0 spiro atoms. The van der Waals surface area contributed by atoms with Crippen molar-refractivity contribution >= 4 is 51.5 Å². The first-order valence-electron chi connectivity index (χ1n) is 12.9. The lowest BCUT2D eigenvalue weighted by Gasteiger charge is -2.24. The average Bonchev–Trinajstić information content (AvgIpc) is 3.70. The minimum atomic E-state index is -0.00724. The van der Waals surface area contributed by atoms with E-state index in [0.717, 1.165) is 43.1 Å². The number of carbonyl (C=O) groups excluding carboxylic acids is 1. The molecule has 2 saturated heterocycles. The number of likely N-dealkylation sites (tertiary alicyclic amines) is 1. The zero-order chi connectivity index (χ0) is 27.2. The number of nitrogens with zero attached hydrogens (tertiary/aromatic N) is 8. The van der Waals surface area contributed by atoms with Gasteiger partial charge < -0.3 is 19.9 Å². The van der Waals surface area contributed by atoms with Gasteiger partial charge in [-0.15, -0.1) is 0 Å². The molecule has 2 unspecified atom stereocenters. The van der Waals surface area contributed by atoms with Crippen LogP contribution in [0.2, 0.25) is 5.02 Å². The maximum atomic E-state index is 12.3. The summed E-state index contributed by atoms with van der Waals surface area (Å²) in [6.45, 7) is 6.02. The SMILES string of the molecule is C=CC(=O)N1CCC2CN(c3ccc4ncnc(Nc5ccc(Oc6ccn7ncnc7c6)c(Cl)c5)c4n3)CC21. The Morgan fingerprint density at radius 1 is 1.10 bits per heavy atom. The fourth-order valence-corrected chi connectivity index (χ4v) is 5.74. The number of fused-ring (bicyclic) bond motifs is 3. The van der Waals surface area contributed by atoms with E-state index in [1.165, 1.54) is 18.7 Å². The van der Waals surface area contributed by atoms with Gasteiger partial charge >= 0.3 is 0 Å². The first-order valence-corrected chi connectivity index (χ1v) is 13.3. The Bertz CT molecular complexity index is 1770. The first kappa shape index (κ1) is 24.3. The second kappa shape index (κ2) is 9.76. The summed E-state index contributed by atoms with van der Waals surface area (Å²) in [5.41, 5.74) is 2.77. The normalized spacial score (nSPS) is 18.3. The van der Waals surface area contributed by atoms with Gasteiger partial charge in [0.25, 0.3) is 0 Å². The monoisotopic (exact) mass is 553 g/mol. The lowest BCUT2D eigenvalue weighted by molar-refractivity contribution is -0.126. The van der Waals surface area contributed by atoms with Gasteiger partial charge in [-0.2, -0.15) is 5.10 Å². The summed E-state index contributed by atoms with van der Waals surface area (Å²) in [6.07, 6.45) is 7.15. The number of ether oxygens (including phenoxy) is 1. The van der Waals surface area contributed by atoms with Crippen LogP contribution in [-0.2, 0) is 4.79 Å². The van der Waals surface area contributed by atoms with Gasteiger partial charge in [0.2, 0.25) is 5.91 Å². The number of aromatic nitrogens is 6. The van der Waals surface area contributed by atoms with Gasteiger partial charge in [0, 0.05) is 43.5 Å². The van der Waals surface area contributed by atoms with Crippen LogP contribution in [0.4, 0.5) is 17.3 Å². The molecule has 0 saturated carbocycles. The molecular weight excluding hydrogens is 530 g/mol. The molecular formula is C28H24ClN9O2. The summed E-state index contributed by atoms with van der Waals surface area (Å²) >= 11 is 6.58. The maximum absolute atomic E-state index is 12.3. The number of anilines is 3. The first-order chi connectivity index (χ1) is 19.6. The smallest absolute Gasteiger partial charge is 0.246 e. The Hall–Kier alpha value is -4.77. The topological polar surface area (TPSA) is 114 Å². The minimum absolute atomic E-state index is 0.00724. The largest absolute Gasteiger partial charge is 0.456 e. The number of rotatable bonds is 6. The molecule has 2 fully saturated rings. The fraction of sp³-hybridized carbons (Fsp3) is 0.214.